The molecule has 0 radical (unpaired) electrons. The number of aliphatic hydroxyl groups is 1. The van der Waals surface area contributed by atoms with Gasteiger partial charge in [-0.2, -0.15) is 0 Å². The minimum absolute atomic E-state index is 0.0746. The van der Waals surface area contributed by atoms with Gasteiger partial charge in [-0.1, -0.05) is 11.6 Å². The van der Waals surface area contributed by atoms with Gasteiger partial charge in [-0.25, -0.2) is 4.79 Å². The van der Waals surface area contributed by atoms with Gasteiger partial charge < -0.3 is 19.3 Å². The first-order valence-corrected chi connectivity index (χ1v) is 7.28. The molecule has 1 aliphatic heterocycles. The molecular weight excluding hydrogens is 284 g/mol. The molecule has 0 amide bonds. The Bertz CT molecular complexity index is 597. The summed E-state index contributed by atoms with van der Waals surface area (Å²) in [5.74, 6) is -0.380. The summed E-state index contributed by atoms with van der Waals surface area (Å²) < 4.78 is 16.5. The maximum atomic E-state index is 12.3. The fraction of sp³-hybridized carbons (Fsp3) is 0.471. The molecule has 1 heterocycles. The topological polar surface area (TPSA) is 65.0 Å². The Hall–Kier alpha value is -2.01. The van der Waals surface area contributed by atoms with E-state index >= 15 is 0 Å². The maximum Gasteiger partial charge on any atom is 0.345 e. The first-order chi connectivity index (χ1) is 10.3. The fourth-order valence-corrected chi connectivity index (χ4v) is 2.24. The molecule has 2 rings (SSSR count). The molecule has 5 heteroatoms. The normalized spacial score (nSPS) is 15.4. The van der Waals surface area contributed by atoms with Crippen molar-refractivity contribution in [2.24, 2.45) is 0 Å². The molecule has 0 aromatic heterocycles. The molecule has 1 aliphatic rings. The zero-order valence-corrected chi connectivity index (χ0v) is 13.4. The third-order valence-electron chi connectivity index (χ3n) is 3.15. The lowest BCUT2D eigenvalue weighted by Crippen LogP contribution is -2.39. The lowest BCUT2D eigenvalue weighted by atomic mass is 10.0. The lowest BCUT2D eigenvalue weighted by Gasteiger charge is -2.32. The van der Waals surface area contributed by atoms with Crippen LogP contribution in [-0.4, -0.2) is 30.1 Å². The quantitative estimate of drug-likeness (QED) is 0.669. The number of fused-ring (bicyclic) bond motifs is 1. The molecule has 120 valence electrons. The van der Waals surface area contributed by atoms with Crippen molar-refractivity contribution >= 4 is 5.97 Å². The molecule has 0 fully saturated rings. The second-order valence-electron chi connectivity index (χ2n) is 5.90. The standard InChI is InChI=1S/C17H22O5/c1-11(2)5-6-12-9-13(20-8-7-18)10-14-15(12)16(19)22-17(3,4)21-14/h5,9-10,18H,6-8H2,1-4H3. The Labute approximate surface area is 130 Å². The first-order valence-electron chi connectivity index (χ1n) is 7.28. The van der Waals surface area contributed by atoms with E-state index in [0.29, 0.717) is 23.5 Å². The number of cyclic esters (lactones) is 1. The van der Waals surface area contributed by atoms with Gasteiger partial charge in [-0.05, 0) is 31.9 Å². The minimum atomic E-state index is -1.01. The summed E-state index contributed by atoms with van der Waals surface area (Å²) in [6, 6.07) is 3.45. The highest BCUT2D eigenvalue weighted by Gasteiger charge is 2.35. The van der Waals surface area contributed by atoms with Crippen LogP contribution >= 0.6 is 0 Å². The highest BCUT2D eigenvalue weighted by molar-refractivity contribution is 5.95. The molecule has 0 saturated heterocycles. The average molecular weight is 306 g/mol. The van der Waals surface area contributed by atoms with Gasteiger partial charge in [0.25, 0.3) is 0 Å². The van der Waals surface area contributed by atoms with E-state index in [9.17, 15) is 4.79 Å². The molecule has 1 aromatic rings. The van der Waals surface area contributed by atoms with E-state index in [4.69, 9.17) is 19.3 Å². The number of esters is 1. The number of ether oxygens (including phenoxy) is 3. The number of benzene rings is 1. The second kappa shape index (κ2) is 6.40. The molecule has 0 spiro atoms. The summed E-state index contributed by atoms with van der Waals surface area (Å²) in [6.45, 7) is 7.48. The summed E-state index contributed by atoms with van der Waals surface area (Å²) in [5, 5.41) is 8.90. The van der Waals surface area contributed by atoms with Crippen LogP contribution in [0.5, 0.6) is 11.5 Å². The van der Waals surface area contributed by atoms with Crippen molar-refractivity contribution in [2.75, 3.05) is 13.2 Å². The molecule has 1 aromatic carbocycles. The van der Waals surface area contributed by atoms with Crippen molar-refractivity contribution in [2.45, 2.75) is 39.9 Å². The van der Waals surface area contributed by atoms with Gasteiger partial charge in [-0.15, -0.1) is 0 Å². The van der Waals surface area contributed by atoms with Gasteiger partial charge in [0.2, 0.25) is 5.79 Å². The first kappa shape index (κ1) is 16.4. The number of rotatable bonds is 5. The lowest BCUT2D eigenvalue weighted by molar-refractivity contribution is -0.127. The van der Waals surface area contributed by atoms with Crippen molar-refractivity contribution in [1.82, 2.24) is 0 Å². The van der Waals surface area contributed by atoms with E-state index in [1.807, 2.05) is 19.9 Å². The molecule has 0 atom stereocenters. The van der Waals surface area contributed by atoms with E-state index in [-0.39, 0.29) is 13.2 Å². The van der Waals surface area contributed by atoms with E-state index in [1.54, 1.807) is 26.0 Å². The van der Waals surface area contributed by atoms with Gasteiger partial charge in [-0.3, -0.25) is 0 Å². The van der Waals surface area contributed by atoms with Crippen LogP contribution in [0.2, 0.25) is 0 Å². The SMILES string of the molecule is CC(C)=CCc1cc(OCCO)cc2c1C(=O)OC(C)(C)O2. The predicted octanol–water partition coefficient (Wildman–Crippen LogP) is 2.85. The molecule has 0 bridgehead atoms. The van der Waals surface area contributed by atoms with Crippen LogP contribution in [0, 0.1) is 0 Å². The molecular formula is C17H22O5. The Morgan fingerprint density at radius 1 is 1.32 bits per heavy atom. The van der Waals surface area contributed by atoms with E-state index in [2.05, 4.69) is 0 Å². The van der Waals surface area contributed by atoms with Crippen LogP contribution in [0.3, 0.4) is 0 Å². The Morgan fingerprint density at radius 3 is 2.68 bits per heavy atom. The van der Waals surface area contributed by atoms with E-state index in [0.717, 1.165) is 11.1 Å². The van der Waals surface area contributed by atoms with Crippen molar-refractivity contribution in [3.05, 3.63) is 34.9 Å². The number of carbonyl (C=O) groups excluding carboxylic acids is 1. The number of aliphatic hydroxyl groups excluding tert-OH is 1. The van der Waals surface area contributed by atoms with Gasteiger partial charge in [0.15, 0.2) is 0 Å². The maximum absolute atomic E-state index is 12.3. The summed E-state index contributed by atoms with van der Waals surface area (Å²) >= 11 is 0. The van der Waals surface area contributed by atoms with Crippen LogP contribution in [0.1, 0.15) is 43.6 Å². The summed E-state index contributed by atoms with van der Waals surface area (Å²) in [5.41, 5.74) is 2.38. The van der Waals surface area contributed by atoms with Gasteiger partial charge >= 0.3 is 5.97 Å². The molecule has 0 saturated carbocycles. The highest BCUT2D eigenvalue weighted by Crippen LogP contribution is 2.37. The average Bonchev–Trinajstić information content (AvgIpc) is 2.40. The largest absolute Gasteiger partial charge is 0.491 e. The van der Waals surface area contributed by atoms with Crippen LogP contribution < -0.4 is 9.47 Å². The predicted molar refractivity (Wildman–Crippen MR) is 82.3 cm³/mol. The van der Waals surface area contributed by atoms with Crippen LogP contribution in [-0.2, 0) is 11.2 Å². The fourth-order valence-electron chi connectivity index (χ4n) is 2.24. The highest BCUT2D eigenvalue weighted by atomic mass is 16.7. The monoisotopic (exact) mass is 306 g/mol. The summed E-state index contributed by atoms with van der Waals surface area (Å²) in [6.07, 6.45) is 2.61. The second-order valence-corrected chi connectivity index (χ2v) is 5.90. The van der Waals surface area contributed by atoms with Crippen LogP contribution in [0.15, 0.2) is 23.8 Å². The molecule has 22 heavy (non-hydrogen) atoms. The van der Waals surface area contributed by atoms with Crippen LogP contribution in [0.4, 0.5) is 0 Å². The molecule has 1 N–H and O–H groups in total. The third kappa shape index (κ3) is 3.80. The van der Waals surface area contributed by atoms with Crippen LogP contribution in [0.25, 0.3) is 0 Å². The summed E-state index contributed by atoms with van der Waals surface area (Å²) in [7, 11) is 0. The van der Waals surface area contributed by atoms with Crippen molar-refractivity contribution in [1.29, 1.82) is 0 Å². The van der Waals surface area contributed by atoms with Gasteiger partial charge in [0.05, 0.1) is 6.61 Å². The number of hydrogen-bond donors (Lipinski definition) is 1. The Balaban J connectivity index is 2.46. The number of carbonyl (C=O) groups is 1. The molecule has 5 nitrogen and oxygen atoms in total. The van der Waals surface area contributed by atoms with Crippen molar-refractivity contribution < 1.29 is 24.1 Å². The Kier molecular flexibility index (Phi) is 4.76. The van der Waals surface area contributed by atoms with E-state index < -0.39 is 11.8 Å². The number of allylic oxidation sites excluding steroid dienone is 2. The zero-order valence-electron chi connectivity index (χ0n) is 13.4. The third-order valence-corrected chi connectivity index (χ3v) is 3.15. The smallest absolute Gasteiger partial charge is 0.345 e. The zero-order chi connectivity index (χ0) is 16.3. The van der Waals surface area contributed by atoms with Crippen molar-refractivity contribution in [3.63, 3.8) is 0 Å². The Morgan fingerprint density at radius 2 is 2.05 bits per heavy atom. The molecule has 0 aliphatic carbocycles. The summed E-state index contributed by atoms with van der Waals surface area (Å²) in [4.78, 5) is 12.3. The van der Waals surface area contributed by atoms with Gasteiger partial charge in [0, 0.05) is 19.9 Å². The number of hydrogen-bond acceptors (Lipinski definition) is 5. The van der Waals surface area contributed by atoms with E-state index in [1.165, 1.54) is 0 Å². The minimum Gasteiger partial charge on any atom is -0.491 e. The van der Waals surface area contributed by atoms with Gasteiger partial charge in [0.1, 0.15) is 23.7 Å². The molecule has 0 unspecified atom stereocenters. The van der Waals surface area contributed by atoms with Crippen molar-refractivity contribution in [3.8, 4) is 11.5 Å².